The van der Waals surface area contributed by atoms with E-state index in [1.165, 1.54) is 31.4 Å². The molecule has 2 rings (SSSR count). The number of hydrogen-bond acceptors (Lipinski definition) is 6. The van der Waals surface area contributed by atoms with E-state index < -0.39 is 34.0 Å². The first-order valence-electron chi connectivity index (χ1n) is 7.06. The van der Waals surface area contributed by atoms with Gasteiger partial charge in [-0.15, -0.1) is 0 Å². The maximum Gasteiger partial charge on any atom is 0.338 e. The first-order valence-corrected chi connectivity index (χ1v) is 8.95. The molecule has 0 saturated heterocycles. The summed E-state index contributed by atoms with van der Waals surface area (Å²) in [5, 5.41) is 0. The predicted molar refractivity (Wildman–Crippen MR) is 87.1 cm³/mol. The molecule has 0 aliphatic heterocycles. The summed E-state index contributed by atoms with van der Waals surface area (Å²) < 4.78 is 46.2. The molecule has 0 heterocycles. The summed E-state index contributed by atoms with van der Waals surface area (Å²) in [6.07, 6.45) is 1.01. The lowest BCUT2D eigenvalue weighted by molar-refractivity contribution is 0.0473. The van der Waals surface area contributed by atoms with Gasteiger partial charge >= 0.3 is 5.97 Å². The van der Waals surface area contributed by atoms with Crippen molar-refractivity contribution in [2.75, 3.05) is 20.0 Å². The van der Waals surface area contributed by atoms with Crippen molar-refractivity contribution in [1.29, 1.82) is 0 Å². The number of benzene rings is 2. The normalized spacial score (nSPS) is 11.0. The van der Waals surface area contributed by atoms with Gasteiger partial charge in [0.1, 0.15) is 11.6 Å². The number of ketones is 1. The van der Waals surface area contributed by atoms with Crippen LogP contribution in [0.5, 0.6) is 5.75 Å². The van der Waals surface area contributed by atoms with E-state index in [2.05, 4.69) is 0 Å². The first-order chi connectivity index (χ1) is 11.7. The summed E-state index contributed by atoms with van der Waals surface area (Å²) in [7, 11) is -2.15. The van der Waals surface area contributed by atoms with Gasteiger partial charge in [-0.25, -0.2) is 17.6 Å². The maximum absolute atomic E-state index is 13.3. The summed E-state index contributed by atoms with van der Waals surface area (Å²) in [5.74, 6) is -1.99. The highest BCUT2D eigenvalue weighted by Crippen LogP contribution is 2.20. The van der Waals surface area contributed by atoms with Gasteiger partial charge in [-0.3, -0.25) is 4.79 Å². The molecule has 0 aliphatic rings. The average Bonchev–Trinajstić information content (AvgIpc) is 2.58. The molecule has 0 unspecified atom stereocenters. The molecule has 25 heavy (non-hydrogen) atoms. The number of rotatable bonds is 6. The number of hydrogen-bond donors (Lipinski definition) is 0. The molecule has 0 N–H and O–H groups in total. The Labute approximate surface area is 144 Å². The summed E-state index contributed by atoms with van der Waals surface area (Å²) >= 11 is 0. The summed E-state index contributed by atoms with van der Waals surface area (Å²) in [6, 6.07) is 8.67. The molecule has 2 aromatic rings. The summed E-state index contributed by atoms with van der Waals surface area (Å²) in [4.78, 5) is 24.1. The number of carbonyl (C=O) groups excluding carboxylic acids is 2. The quantitative estimate of drug-likeness (QED) is 0.576. The molecule has 132 valence electrons. The van der Waals surface area contributed by atoms with Gasteiger partial charge in [-0.1, -0.05) is 6.07 Å². The van der Waals surface area contributed by atoms with Crippen LogP contribution in [0.4, 0.5) is 4.39 Å². The fourth-order valence-corrected chi connectivity index (χ4v) is 2.71. The molecule has 0 spiro atoms. The summed E-state index contributed by atoms with van der Waals surface area (Å²) in [5.41, 5.74) is -0.0675. The number of methoxy groups -OCH3 is 1. The number of ether oxygens (including phenoxy) is 2. The molecule has 0 aliphatic carbocycles. The van der Waals surface area contributed by atoms with Crippen LogP contribution >= 0.6 is 0 Å². The first kappa shape index (κ1) is 18.6. The Bertz CT molecular complexity index is 920. The molecular weight excluding hydrogens is 351 g/mol. The van der Waals surface area contributed by atoms with Gasteiger partial charge in [0.2, 0.25) is 5.78 Å². The molecule has 0 bridgehead atoms. The number of Topliss-reactive ketones (excluding diaryl/α,β-unsaturated/α-hetero) is 1. The van der Waals surface area contributed by atoms with Crippen molar-refractivity contribution in [3.63, 3.8) is 0 Å². The SMILES string of the molecule is COc1ccc(F)cc1C(=O)COC(=O)c1cccc(S(C)(=O)=O)c1. The van der Waals surface area contributed by atoms with Gasteiger partial charge < -0.3 is 9.47 Å². The largest absolute Gasteiger partial charge is 0.496 e. The van der Waals surface area contributed by atoms with Crippen molar-refractivity contribution in [2.45, 2.75) is 4.90 Å². The van der Waals surface area contributed by atoms with Crippen LogP contribution in [0.15, 0.2) is 47.4 Å². The topological polar surface area (TPSA) is 86.7 Å². The zero-order valence-electron chi connectivity index (χ0n) is 13.5. The second kappa shape index (κ2) is 7.43. The van der Waals surface area contributed by atoms with E-state index in [1.54, 1.807) is 0 Å². The molecule has 0 aromatic heterocycles. The Morgan fingerprint density at radius 1 is 1.12 bits per heavy atom. The van der Waals surface area contributed by atoms with Crippen molar-refractivity contribution in [2.24, 2.45) is 0 Å². The smallest absolute Gasteiger partial charge is 0.338 e. The molecular formula is C17H15FO6S. The highest BCUT2D eigenvalue weighted by atomic mass is 32.2. The number of sulfone groups is 1. The molecule has 0 fully saturated rings. The Hall–Kier alpha value is -2.74. The van der Waals surface area contributed by atoms with Crippen LogP contribution in [0, 0.1) is 5.82 Å². The molecule has 6 nitrogen and oxygen atoms in total. The highest BCUT2D eigenvalue weighted by Gasteiger charge is 2.17. The third-order valence-corrected chi connectivity index (χ3v) is 4.40. The third-order valence-electron chi connectivity index (χ3n) is 3.29. The van der Waals surface area contributed by atoms with Crippen LogP contribution < -0.4 is 4.74 Å². The van der Waals surface area contributed by atoms with E-state index >= 15 is 0 Å². The Morgan fingerprint density at radius 2 is 1.84 bits per heavy atom. The Kier molecular flexibility index (Phi) is 5.53. The maximum atomic E-state index is 13.3. The molecule has 8 heteroatoms. The van der Waals surface area contributed by atoms with Crippen LogP contribution in [0.3, 0.4) is 0 Å². The minimum absolute atomic E-state index is 0.0121. The molecule has 0 atom stereocenters. The zero-order chi connectivity index (χ0) is 18.6. The third kappa shape index (κ3) is 4.63. The second-order valence-corrected chi connectivity index (χ2v) is 7.16. The lowest BCUT2D eigenvalue weighted by Gasteiger charge is -2.09. The van der Waals surface area contributed by atoms with Crippen LogP contribution in [-0.4, -0.2) is 40.1 Å². The standard InChI is InChI=1S/C17H15FO6S/c1-23-16-7-6-12(18)9-14(16)15(19)10-24-17(20)11-4-3-5-13(8-11)25(2,21)22/h3-9H,10H2,1-2H3. The van der Waals surface area contributed by atoms with E-state index in [4.69, 9.17) is 9.47 Å². The lowest BCUT2D eigenvalue weighted by atomic mass is 10.1. The molecule has 2 aromatic carbocycles. The predicted octanol–water partition coefficient (Wildman–Crippen LogP) is 2.28. The summed E-state index contributed by atoms with van der Waals surface area (Å²) in [6.45, 7) is -0.637. The zero-order valence-corrected chi connectivity index (χ0v) is 14.3. The van der Waals surface area contributed by atoms with Gasteiger partial charge in [0.15, 0.2) is 16.4 Å². The van der Waals surface area contributed by atoms with Crippen LogP contribution in [0.2, 0.25) is 0 Å². The van der Waals surface area contributed by atoms with Gasteiger partial charge in [0.05, 0.1) is 23.1 Å². The molecule has 0 amide bonds. The van der Waals surface area contributed by atoms with E-state index in [9.17, 15) is 22.4 Å². The van der Waals surface area contributed by atoms with Crippen LogP contribution in [-0.2, 0) is 14.6 Å². The van der Waals surface area contributed by atoms with Gasteiger partial charge in [-0.05, 0) is 36.4 Å². The number of halogens is 1. The minimum Gasteiger partial charge on any atom is -0.496 e. The average molecular weight is 366 g/mol. The van der Waals surface area contributed by atoms with Crippen molar-refractivity contribution in [3.05, 3.63) is 59.4 Å². The second-order valence-electron chi connectivity index (χ2n) is 5.14. The Morgan fingerprint density at radius 3 is 2.48 bits per heavy atom. The van der Waals surface area contributed by atoms with Gasteiger partial charge in [0, 0.05) is 6.26 Å². The lowest BCUT2D eigenvalue weighted by Crippen LogP contribution is -2.15. The van der Waals surface area contributed by atoms with Crippen LogP contribution in [0.1, 0.15) is 20.7 Å². The van der Waals surface area contributed by atoms with E-state index in [-0.39, 0.29) is 21.8 Å². The van der Waals surface area contributed by atoms with Gasteiger partial charge in [-0.2, -0.15) is 0 Å². The number of esters is 1. The highest BCUT2D eigenvalue weighted by molar-refractivity contribution is 7.90. The van der Waals surface area contributed by atoms with Gasteiger partial charge in [0.25, 0.3) is 0 Å². The Balaban J connectivity index is 2.13. The van der Waals surface area contributed by atoms with Crippen molar-refractivity contribution >= 4 is 21.6 Å². The van der Waals surface area contributed by atoms with Crippen molar-refractivity contribution < 1.29 is 31.9 Å². The van der Waals surface area contributed by atoms with E-state index in [0.717, 1.165) is 24.5 Å². The monoisotopic (exact) mass is 366 g/mol. The van der Waals surface area contributed by atoms with E-state index in [0.29, 0.717) is 0 Å². The van der Waals surface area contributed by atoms with Crippen LogP contribution in [0.25, 0.3) is 0 Å². The van der Waals surface area contributed by atoms with Crippen molar-refractivity contribution in [1.82, 2.24) is 0 Å². The fraction of sp³-hybridized carbons (Fsp3) is 0.176. The van der Waals surface area contributed by atoms with E-state index in [1.807, 2.05) is 0 Å². The minimum atomic E-state index is -3.48. The van der Waals surface area contributed by atoms with Crippen molar-refractivity contribution in [3.8, 4) is 5.75 Å². The molecule has 0 saturated carbocycles. The number of carbonyl (C=O) groups is 2. The fourth-order valence-electron chi connectivity index (χ4n) is 2.04. The molecule has 0 radical (unpaired) electrons.